The molecule has 25 heavy (non-hydrogen) atoms. The summed E-state index contributed by atoms with van der Waals surface area (Å²) in [4.78, 5) is 7.20. The highest BCUT2D eigenvalue weighted by molar-refractivity contribution is 5.31. The van der Waals surface area contributed by atoms with E-state index < -0.39 is 0 Å². The number of ether oxygens (including phenoxy) is 1. The maximum Gasteiger partial charge on any atom is 0.229 e. The van der Waals surface area contributed by atoms with Crippen LogP contribution in [-0.2, 0) is 11.2 Å². The fraction of sp³-hybridized carbons (Fsp3) is 0.600. The van der Waals surface area contributed by atoms with Gasteiger partial charge >= 0.3 is 0 Å². The van der Waals surface area contributed by atoms with Crippen molar-refractivity contribution in [3.05, 3.63) is 47.1 Å². The Bertz CT molecular complexity index is 740. The van der Waals surface area contributed by atoms with E-state index in [1.54, 1.807) is 0 Å². The maximum absolute atomic E-state index is 6.10. The van der Waals surface area contributed by atoms with Crippen LogP contribution in [0.5, 0.6) is 0 Å². The van der Waals surface area contributed by atoms with Crippen LogP contribution in [0.15, 0.2) is 28.8 Å². The fourth-order valence-corrected chi connectivity index (χ4v) is 4.20. The van der Waals surface area contributed by atoms with E-state index >= 15 is 0 Å². The summed E-state index contributed by atoms with van der Waals surface area (Å²) in [5.74, 6) is 2.70. The quantitative estimate of drug-likeness (QED) is 0.854. The minimum absolute atomic E-state index is 0.191. The highest BCUT2D eigenvalue weighted by Gasteiger charge is 2.33. The van der Waals surface area contributed by atoms with Gasteiger partial charge < -0.3 is 9.26 Å². The smallest absolute Gasteiger partial charge is 0.229 e. The van der Waals surface area contributed by atoms with Crippen LogP contribution in [0.1, 0.15) is 66.5 Å². The molecule has 132 valence electrons. The van der Waals surface area contributed by atoms with Crippen LogP contribution in [0.3, 0.4) is 0 Å². The molecule has 1 aliphatic carbocycles. The van der Waals surface area contributed by atoms with Crippen LogP contribution < -0.4 is 0 Å². The third-order valence-electron chi connectivity index (χ3n) is 5.77. The van der Waals surface area contributed by atoms with E-state index in [1.807, 2.05) is 0 Å². The van der Waals surface area contributed by atoms with E-state index in [2.05, 4.69) is 39.3 Å². The van der Waals surface area contributed by atoms with Gasteiger partial charge in [0.25, 0.3) is 0 Å². The minimum atomic E-state index is 0.191. The van der Waals surface area contributed by atoms with Crippen molar-refractivity contribution < 1.29 is 9.26 Å². The van der Waals surface area contributed by atoms with Crippen LogP contribution >= 0.6 is 0 Å². The average Bonchev–Trinajstić information content (AvgIpc) is 3.39. The van der Waals surface area contributed by atoms with Gasteiger partial charge in [-0.05, 0) is 49.8 Å². The van der Waals surface area contributed by atoms with Crippen LogP contribution in [0.4, 0.5) is 0 Å². The number of rotatable bonds is 4. The molecule has 1 aromatic carbocycles. The van der Waals surface area contributed by atoms with Gasteiger partial charge in [0.2, 0.25) is 5.89 Å². The topological polar surface area (TPSA) is 51.4 Å². The zero-order valence-electron chi connectivity index (χ0n) is 14.6. The largest absolute Gasteiger partial charge is 0.372 e. The van der Waals surface area contributed by atoms with Gasteiger partial charge in [-0.2, -0.15) is 4.98 Å². The summed E-state index contributed by atoms with van der Waals surface area (Å²) in [6.45, 7) is 3.92. The molecule has 5 nitrogen and oxygen atoms in total. The van der Waals surface area contributed by atoms with Crippen molar-refractivity contribution in [3.8, 4) is 0 Å². The monoisotopic (exact) mass is 339 g/mol. The Labute approximate surface area is 148 Å². The van der Waals surface area contributed by atoms with Crippen LogP contribution in [-0.4, -0.2) is 41.3 Å². The molecular formula is C20H25N3O2. The molecule has 5 rings (SSSR count). The van der Waals surface area contributed by atoms with E-state index in [4.69, 9.17) is 9.26 Å². The molecule has 0 N–H and O–H groups in total. The summed E-state index contributed by atoms with van der Waals surface area (Å²) in [6, 6.07) is 8.72. The molecule has 2 aromatic rings. The molecule has 1 aromatic heterocycles. The van der Waals surface area contributed by atoms with Crippen molar-refractivity contribution in [1.82, 2.24) is 15.0 Å². The fourth-order valence-electron chi connectivity index (χ4n) is 4.20. The van der Waals surface area contributed by atoms with Gasteiger partial charge in [-0.15, -0.1) is 0 Å². The Balaban J connectivity index is 1.27. The number of benzene rings is 1. The highest BCUT2D eigenvalue weighted by Crippen LogP contribution is 2.39. The van der Waals surface area contributed by atoms with E-state index in [1.165, 1.54) is 30.4 Å². The van der Waals surface area contributed by atoms with Gasteiger partial charge in [0.05, 0.1) is 12.7 Å². The molecule has 1 saturated carbocycles. The van der Waals surface area contributed by atoms with Gasteiger partial charge in [-0.25, -0.2) is 0 Å². The first-order valence-electron chi connectivity index (χ1n) is 9.62. The number of hydrogen-bond donors (Lipinski definition) is 0. The summed E-state index contributed by atoms with van der Waals surface area (Å²) >= 11 is 0. The predicted molar refractivity (Wildman–Crippen MR) is 93.5 cm³/mol. The molecule has 0 amide bonds. The van der Waals surface area contributed by atoms with Gasteiger partial charge in [0.1, 0.15) is 0 Å². The molecule has 2 atom stereocenters. The molecule has 3 aliphatic rings. The van der Waals surface area contributed by atoms with Crippen molar-refractivity contribution in [1.29, 1.82) is 0 Å². The second-order valence-corrected chi connectivity index (χ2v) is 7.67. The van der Waals surface area contributed by atoms with Crippen molar-refractivity contribution >= 4 is 0 Å². The minimum Gasteiger partial charge on any atom is -0.372 e. The summed E-state index contributed by atoms with van der Waals surface area (Å²) in [7, 11) is 0. The van der Waals surface area contributed by atoms with Gasteiger partial charge in [-0.1, -0.05) is 29.4 Å². The number of likely N-dealkylation sites (tertiary alicyclic amines) is 1. The molecule has 1 saturated heterocycles. The number of aromatic nitrogens is 2. The SMILES string of the molecule is c1ccc2c(c1)CCO[C@@H]2CN1CCC[C@H](c2noc(C3CC3)n2)C1. The molecule has 0 radical (unpaired) electrons. The lowest BCUT2D eigenvalue weighted by atomic mass is 9.94. The normalized spacial score (nSPS) is 27.2. The highest BCUT2D eigenvalue weighted by atomic mass is 16.5. The molecule has 0 bridgehead atoms. The average molecular weight is 339 g/mol. The Hall–Kier alpha value is -1.72. The lowest BCUT2D eigenvalue weighted by molar-refractivity contribution is 0.00991. The van der Waals surface area contributed by atoms with Crippen molar-refractivity contribution in [2.45, 2.75) is 50.0 Å². The molecule has 2 aliphatic heterocycles. The second-order valence-electron chi connectivity index (χ2n) is 7.67. The number of piperidine rings is 1. The third-order valence-corrected chi connectivity index (χ3v) is 5.77. The van der Waals surface area contributed by atoms with Crippen molar-refractivity contribution in [2.24, 2.45) is 0 Å². The third kappa shape index (κ3) is 3.23. The van der Waals surface area contributed by atoms with Gasteiger partial charge in [-0.3, -0.25) is 4.90 Å². The number of fused-ring (bicyclic) bond motifs is 1. The van der Waals surface area contributed by atoms with Crippen molar-refractivity contribution in [2.75, 3.05) is 26.2 Å². The van der Waals surface area contributed by atoms with Crippen LogP contribution in [0.2, 0.25) is 0 Å². The standard InChI is InChI=1S/C20H25N3O2/c1-2-6-17-14(4-1)9-11-24-18(17)13-23-10-3-5-16(12-23)19-21-20(25-22-19)15-7-8-15/h1-2,4,6,15-16,18H,3,5,7-13H2/t16-,18+/m0/s1. The lowest BCUT2D eigenvalue weighted by Crippen LogP contribution is -2.39. The summed E-state index contributed by atoms with van der Waals surface area (Å²) < 4.78 is 11.6. The number of nitrogens with zero attached hydrogens (tertiary/aromatic N) is 3. The number of hydrogen-bond acceptors (Lipinski definition) is 5. The molecule has 5 heteroatoms. The van der Waals surface area contributed by atoms with Crippen molar-refractivity contribution in [3.63, 3.8) is 0 Å². The van der Waals surface area contributed by atoms with Crippen LogP contribution in [0, 0.1) is 0 Å². The predicted octanol–water partition coefficient (Wildman–Crippen LogP) is 3.44. The van der Waals surface area contributed by atoms with E-state index in [-0.39, 0.29) is 6.10 Å². The van der Waals surface area contributed by atoms with E-state index in [0.29, 0.717) is 11.8 Å². The first-order valence-corrected chi connectivity index (χ1v) is 9.62. The summed E-state index contributed by atoms with van der Waals surface area (Å²) in [5, 5.41) is 4.27. The maximum atomic E-state index is 6.10. The Morgan fingerprint density at radius 3 is 2.96 bits per heavy atom. The van der Waals surface area contributed by atoms with Gasteiger partial charge in [0, 0.05) is 24.9 Å². The zero-order chi connectivity index (χ0) is 16.6. The Morgan fingerprint density at radius 1 is 1.12 bits per heavy atom. The first-order chi connectivity index (χ1) is 12.4. The van der Waals surface area contributed by atoms with Crippen LogP contribution in [0.25, 0.3) is 0 Å². The molecule has 0 spiro atoms. The Kier molecular flexibility index (Phi) is 4.06. The van der Waals surface area contributed by atoms with Gasteiger partial charge in [0.15, 0.2) is 5.82 Å². The zero-order valence-corrected chi connectivity index (χ0v) is 14.6. The Morgan fingerprint density at radius 2 is 2.04 bits per heavy atom. The molecule has 3 heterocycles. The molecular weight excluding hydrogens is 314 g/mol. The molecule has 2 fully saturated rings. The second kappa shape index (κ2) is 6.54. The summed E-state index contributed by atoms with van der Waals surface area (Å²) in [6.07, 6.45) is 5.97. The van der Waals surface area contributed by atoms with E-state index in [0.717, 1.165) is 50.8 Å². The molecule has 0 unspecified atom stereocenters. The summed E-state index contributed by atoms with van der Waals surface area (Å²) in [5.41, 5.74) is 2.81. The first kappa shape index (κ1) is 15.5. The lowest BCUT2D eigenvalue weighted by Gasteiger charge is -2.35. The van der Waals surface area contributed by atoms with E-state index in [9.17, 15) is 0 Å².